The van der Waals surface area contributed by atoms with Crippen molar-refractivity contribution in [1.82, 2.24) is 20.1 Å². The number of rotatable bonds is 4. The van der Waals surface area contributed by atoms with Gasteiger partial charge in [0, 0.05) is 7.05 Å². The normalized spacial score (nSPS) is 17.2. The number of nitrogens with two attached hydrogens (primary N) is 1. The Labute approximate surface area is 105 Å². The van der Waals surface area contributed by atoms with Gasteiger partial charge in [-0.2, -0.15) is 5.10 Å². The Balaban J connectivity index is 1.95. The van der Waals surface area contributed by atoms with E-state index in [0.29, 0.717) is 12.4 Å². The first kappa shape index (κ1) is 12.0. The van der Waals surface area contributed by atoms with Crippen molar-refractivity contribution in [3.8, 4) is 0 Å². The van der Waals surface area contributed by atoms with Gasteiger partial charge in [-0.3, -0.25) is 9.48 Å². The van der Waals surface area contributed by atoms with Crippen molar-refractivity contribution in [2.75, 3.05) is 0 Å². The van der Waals surface area contributed by atoms with E-state index in [1.54, 1.807) is 18.1 Å². The van der Waals surface area contributed by atoms with Crippen LogP contribution >= 0.6 is 12.2 Å². The minimum absolute atomic E-state index is 0.108. The van der Waals surface area contributed by atoms with Crippen molar-refractivity contribution in [3.05, 3.63) is 12.2 Å². The maximum absolute atomic E-state index is 12.0. The molecule has 1 saturated carbocycles. The molecule has 1 aliphatic rings. The lowest BCUT2D eigenvalue weighted by Crippen LogP contribution is -2.53. The van der Waals surface area contributed by atoms with Crippen LogP contribution in [0.25, 0.3) is 0 Å². The zero-order valence-corrected chi connectivity index (χ0v) is 10.5. The van der Waals surface area contributed by atoms with Crippen molar-refractivity contribution in [1.29, 1.82) is 0 Å². The van der Waals surface area contributed by atoms with E-state index >= 15 is 0 Å². The highest BCUT2D eigenvalue weighted by Crippen LogP contribution is 2.41. The molecular formula is C10H15N5OS. The highest BCUT2D eigenvalue weighted by Gasteiger charge is 2.46. The van der Waals surface area contributed by atoms with Gasteiger partial charge in [0.25, 0.3) is 0 Å². The second-order valence-electron chi connectivity index (χ2n) is 4.32. The molecule has 17 heavy (non-hydrogen) atoms. The molecule has 0 radical (unpaired) electrons. The summed E-state index contributed by atoms with van der Waals surface area (Å²) in [5.74, 6) is 0.474. The van der Waals surface area contributed by atoms with Gasteiger partial charge in [-0.05, 0) is 12.8 Å². The highest BCUT2D eigenvalue weighted by molar-refractivity contribution is 7.80. The van der Waals surface area contributed by atoms with Crippen molar-refractivity contribution < 1.29 is 4.79 Å². The Bertz CT molecular complexity index is 451. The van der Waals surface area contributed by atoms with Crippen LogP contribution in [0.1, 0.15) is 25.1 Å². The molecule has 0 spiro atoms. The number of carbonyl (C=O) groups excluding carboxylic acids is 1. The number of hydrogen-bond acceptors (Lipinski definition) is 4. The molecule has 0 unspecified atom stereocenters. The number of nitrogens with zero attached hydrogens (tertiary/aromatic N) is 3. The summed E-state index contributed by atoms with van der Waals surface area (Å²) in [5, 5.41) is 6.87. The van der Waals surface area contributed by atoms with Crippen molar-refractivity contribution >= 4 is 23.1 Å². The monoisotopic (exact) mass is 253 g/mol. The van der Waals surface area contributed by atoms with E-state index in [1.165, 1.54) is 0 Å². The Morgan fingerprint density at radius 3 is 2.82 bits per heavy atom. The fourth-order valence-electron chi connectivity index (χ4n) is 1.91. The molecule has 1 fully saturated rings. The van der Waals surface area contributed by atoms with Crippen LogP contribution in [0, 0.1) is 5.41 Å². The number of carbonyl (C=O) groups is 1. The molecule has 3 N–H and O–H groups in total. The quantitative estimate of drug-likeness (QED) is 0.731. The second kappa shape index (κ2) is 4.40. The van der Waals surface area contributed by atoms with E-state index in [2.05, 4.69) is 15.4 Å². The topological polar surface area (TPSA) is 85.8 Å². The molecule has 1 aromatic rings. The second-order valence-corrected chi connectivity index (χ2v) is 4.76. The standard InChI is InChI=1S/C10H15N5OS/c1-15-6-13-7(14-15)5-12-9(16)10(8(11)17)3-2-4-10/h6H,2-5H2,1H3,(H2,11,17)(H,12,16). The molecule has 0 saturated heterocycles. The number of hydrogen-bond donors (Lipinski definition) is 2. The maximum Gasteiger partial charge on any atom is 0.233 e. The van der Waals surface area contributed by atoms with Crippen molar-refractivity contribution in [2.24, 2.45) is 18.2 Å². The molecule has 0 atom stereocenters. The van der Waals surface area contributed by atoms with Gasteiger partial charge in [0.15, 0.2) is 5.82 Å². The summed E-state index contributed by atoms with van der Waals surface area (Å²) in [7, 11) is 1.78. The fraction of sp³-hybridized carbons (Fsp3) is 0.600. The number of aryl methyl sites for hydroxylation is 1. The molecule has 0 aliphatic heterocycles. The van der Waals surface area contributed by atoms with Gasteiger partial charge in [0.1, 0.15) is 6.33 Å². The van der Waals surface area contributed by atoms with Gasteiger partial charge in [-0.15, -0.1) is 0 Å². The largest absolute Gasteiger partial charge is 0.392 e. The smallest absolute Gasteiger partial charge is 0.233 e. The summed E-state index contributed by atoms with van der Waals surface area (Å²) in [6.45, 7) is 0.310. The molecule has 7 heteroatoms. The van der Waals surface area contributed by atoms with Crippen LogP contribution in [0.4, 0.5) is 0 Å². The summed E-state index contributed by atoms with van der Waals surface area (Å²) in [4.78, 5) is 16.3. The van der Waals surface area contributed by atoms with Crippen molar-refractivity contribution in [3.63, 3.8) is 0 Å². The zero-order valence-electron chi connectivity index (χ0n) is 9.64. The average Bonchev–Trinajstić information content (AvgIpc) is 2.59. The molecule has 1 heterocycles. The first-order valence-electron chi connectivity index (χ1n) is 5.47. The molecule has 1 aliphatic carbocycles. The van der Waals surface area contributed by atoms with E-state index in [-0.39, 0.29) is 10.9 Å². The molecule has 6 nitrogen and oxygen atoms in total. The van der Waals surface area contributed by atoms with Gasteiger partial charge in [0.2, 0.25) is 5.91 Å². The van der Waals surface area contributed by atoms with E-state index in [1.807, 2.05) is 0 Å². The third-order valence-electron chi connectivity index (χ3n) is 3.17. The number of aromatic nitrogens is 3. The van der Waals surface area contributed by atoms with Gasteiger partial charge < -0.3 is 11.1 Å². The van der Waals surface area contributed by atoms with E-state index in [4.69, 9.17) is 18.0 Å². The lowest BCUT2D eigenvalue weighted by Gasteiger charge is -2.38. The van der Waals surface area contributed by atoms with Crippen LogP contribution in [0.3, 0.4) is 0 Å². The number of thiocarbonyl (C=S) groups is 1. The first-order chi connectivity index (χ1) is 8.04. The Kier molecular flexibility index (Phi) is 3.10. The van der Waals surface area contributed by atoms with E-state index in [0.717, 1.165) is 19.3 Å². The van der Waals surface area contributed by atoms with E-state index in [9.17, 15) is 4.79 Å². The van der Waals surface area contributed by atoms with Gasteiger partial charge in [-0.1, -0.05) is 18.6 Å². The maximum atomic E-state index is 12.0. The molecular weight excluding hydrogens is 238 g/mol. The minimum atomic E-state index is -0.635. The van der Waals surface area contributed by atoms with Crippen LogP contribution in [-0.4, -0.2) is 25.7 Å². The third kappa shape index (κ3) is 2.14. The van der Waals surface area contributed by atoms with E-state index < -0.39 is 5.41 Å². The average molecular weight is 253 g/mol. The molecule has 1 aromatic heterocycles. The highest BCUT2D eigenvalue weighted by atomic mass is 32.1. The summed E-state index contributed by atoms with van der Waals surface area (Å²) in [5.41, 5.74) is 5.01. The molecule has 0 aromatic carbocycles. The van der Waals surface area contributed by atoms with Gasteiger partial charge in [0.05, 0.1) is 16.9 Å². The summed E-state index contributed by atoms with van der Waals surface area (Å²) in [6.07, 6.45) is 4.06. The van der Waals surface area contributed by atoms with Gasteiger partial charge in [-0.25, -0.2) is 4.98 Å². The molecule has 1 amide bonds. The lowest BCUT2D eigenvalue weighted by molar-refractivity contribution is -0.131. The van der Waals surface area contributed by atoms with Crippen LogP contribution in [-0.2, 0) is 18.4 Å². The predicted octanol–water partition coefficient (Wildman–Crippen LogP) is -0.112. The van der Waals surface area contributed by atoms with Gasteiger partial charge >= 0.3 is 0 Å². The molecule has 2 rings (SSSR count). The molecule has 92 valence electrons. The molecule has 0 bridgehead atoms. The number of nitrogens with one attached hydrogen (secondary N) is 1. The van der Waals surface area contributed by atoms with Crippen molar-refractivity contribution in [2.45, 2.75) is 25.8 Å². The van der Waals surface area contributed by atoms with Crippen LogP contribution in [0.5, 0.6) is 0 Å². The predicted molar refractivity (Wildman–Crippen MR) is 65.9 cm³/mol. The summed E-state index contributed by atoms with van der Waals surface area (Å²) >= 11 is 4.97. The lowest BCUT2D eigenvalue weighted by atomic mass is 9.68. The minimum Gasteiger partial charge on any atom is -0.392 e. The third-order valence-corrected chi connectivity index (χ3v) is 3.56. The van der Waals surface area contributed by atoms with Crippen LogP contribution in [0.2, 0.25) is 0 Å². The number of amides is 1. The Hall–Kier alpha value is -1.50. The van der Waals surface area contributed by atoms with Crippen LogP contribution < -0.4 is 11.1 Å². The zero-order chi connectivity index (χ0) is 12.5. The first-order valence-corrected chi connectivity index (χ1v) is 5.88. The fourth-order valence-corrected chi connectivity index (χ4v) is 2.21. The summed E-state index contributed by atoms with van der Waals surface area (Å²) in [6, 6.07) is 0. The SMILES string of the molecule is Cn1cnc(CNC(=O)C2(C(N)=S)CCC2)n1. The Morgan fingerprint density at radius 1 is 1.71 bits per heavy atom. The van der Waals surface area contributed by atoms with Crippen LogP contribution in [0.15, 0.2) is 6.33 Å². The Morgan fingerprint density at radius 2 is 2.41 bits per heavy atom. The summed E-state index contributed by atoms with van der Waals surface area (Å²) < 4.78 is 1.59.